The molecule has 0 amide bonds. The molecule has 0 aliphatic heterocycles. The highest BCUT2D eigenvalue weighted by molar-refractivity contribution is 7.96. The van der Waals surface area contributed by atoms with Crippen molar-refractivity contribution in [1.82, 2.24) is 0 Å². The van der Waals surface area contributed by atoms with Gasteiger partial charge in [-0.05, 0) is 66.9 Å². The summed E-state index contributed by atoms with van der Waals surface area (Å²) in [6.07, 6.45) is 1.01. The number of rotatable bonds is 7. The van der Waals surface area contributed by atoms with Gasteiger partial charge < -0.3 is 0 Å². The molecule has 4 aromatic rings. The van der Waals surface area contributed by atoms with Crippen LogP contribution in [0.15, 0.2) is 109 Å². The maximum Gasteiger partial charge on any atom is 0.175 e. The molecule has 0 aliphatic rings. The van der Waals surface area contributed by atoms with Crippen LogP contribution in [0.3, 0.4) is 0 Å². The van der Waals surface area contributed by atoms with Gasteiger partial charge in [-0.1, -0.05) is 72.8 Å². The van der Waals surface area contributed by atoms with Crippen LogP contribution in [0.25, 0.3) is 0 Å². The van der Waals surface area contributed by atoms with E-state index in [-0.39, 0.29) is 0 Å². The Balaban J connectivity index is 1.85. The number of carbonyl (C=O) groups excluding carboxylic acids is 1. The Morgan fingerprint density at radius 1 is 0.581 bits per heavy atom. The monoisotopic (exact) mass is 423 g/mol. The maximum atomic E-state index is 13.7. The number of carbonyl (C=O) groups is 1. The summed E-state index contributed by atoms with van der Waals surface area (Å²) in [6.45, 7) is 4.20. The van der Waals surface area contributed by atoms with Crippen molar-refractivity contribution in [2.75, 3.05) is 6.16 Å². The number of benzene rings is 4. The lowest BCUT2D eigenvalue weighted by molar-refractivity contribution is -0.116. The zero-order valence-electron chi connectivity index (χ0n) is 18.2. The highest BCUT2D eigenvalue weighted by atomic mass is 31.2. The summed E-state index contributed by atoms with van der Waals surface area (Å²) in [5.41, 5.74) is 3.55. The van der Waals surface area contributed by atoms with Gasteiger partial charge in [-0.15, -0.1) is 0 Å². The molecule has 0 radical (unpaired) electrons. The third-order valence-electron chi connectivity index (χ3n) is 6.02. The molecule has 0 atom stereocenters. The minimum absolute atomic E-state index is 0.294. The van der Waals surface area contributed by atoms with Crippen LogP contribution in [0.4, 0.5) is 0 Å². The van der Waals surface area contributed by atoms with Gasteiger partial charge in [-0.2, -0.15) is 0 Å². The molecule has 0 saturated heterocycles. The van der Waals surface area contributed by atoms with Crippen molar-refractivity contribution in [3.63, 3.8) is 0 Å². The van der Waals surface area contributed by atoms with Crippen LogP contribution in [0.2, 0.25) is 0 Å². The Kier molecular flexibility index (Phi) is 6.44. The van der Waals surface area contributed by atoms with E-state index in [1.165, 1.54) is 32.6 Å². The van der Waals surface area contributed by atoms with E-state index < -0.39 is 7.26 Å². The number of hydrogen-bond acceptors (Lipinski definition) is 1. The first-order valence-corrected chi connectivity index (χ1v) is 12.7. The van der Waals surface area contributed by atoms with Crippen molar-refractivity contribution in [2.45, 2.75) is 20.3 Å². The lowest BCUT2D eigenvalue weighted by Crippen LogP contribution is -2.36. The van der Waals surface area contributed by atoms with Gasteiger partial charge in [-0.25, -0.2) is 0 Å². The average Bonchev–Trinajstić information content (AvgIpc) is 2.82. The van der Waals surface area contributed by atoms with E-state index in [0.717, 1.165) is 0 Å². The van der Waals surface area contributed by atoms with Crippen LogP contribution in [0.1, 0.15) is 16.7 Å². The molecular formula is C29H28OP+. The smallest absolute Gasteiger partial charge is 0.175 e. The first-order valence-electron chi connectivity index (χ1n) is 10.7. The van der Waals surface area contributed by atoms with Crippen molar-refractivity contribution in [1.29, 1.82) is 0 Å². The topological polar surface area (TPSA) is 17.1 Å². The summed E-state index contributed by atoms with van der Waals surface area (Å²) in [5, 5.41) is 3.76. The fourth-order valence-electron chi connectivity index (χ4n) is 4.41. The molecule has 0 unspecified atom stereocenters. The molecule has 0 N–H and O–H groups in total. The molecule has 0 spiro atoms. The van der Waals surface area contributed by atoms with E-state index >= 15 is 0 Å². The summed E-state index contributed by atoms with van der Waals surface area (Å²) in [4.78, 5) is 13.7. The van der Waals surface area contributed by atoms with Crippen molar-refractivity contribution < 1.29 is 4.79 Å². The SMILES string of the molecule is Cc1cccc(C)c1CC(=O)C[P+](c1ccccc1)(c1ccccc1)c1ccccc1. The third-order valence-corrected chi connectivity index (χ3v) is 10.4. The number of ketones is 1. The Morgan fingerprint density at radius 3 is 1.35 bits per heavy atom. The quantitative estimate of drug-likeness (QED) is 0.363. The van der Waals surface area contributed by atoms with E-state index in [1.807, 2.05) is 18.2 Å². The fourth-order valence-corrected chi connectivity index (χ4v) is 8.54. The molecule has 4 aromatic carbocycles. The first kappa shape index (κ1) is 21.2. The van der Waals surface area contributed by atoms with Gasteiger partial charge >= 0.3 is 0 Å². The second-order valence-electron chi connectivity index (χ2n) is 8.06. The van der Waals surface area contributed by atoms with Crippen LogP contribution in [-0.2, 0) is 11.2 Å². The van der Waals surface area contributed by atoms with Gasteiger partial charge in [0.05, 0.1) is 0 Å². The van der Waals surface area contributed by atoms with Crippen LogP contribution >= 0.6 is 7.26 Å². The standard InChI is InChI=1S/C29H28OP/c1-23-13-12-14-24(2)29(23)21-25(30)22-31(26-15-6-3-7-16-26,27-17-8-4-9-18-27)28-19-10-5-11-20-28/h3-20H,21-22H2,1-2H3/q+1. The normalized spacial score (nSPS) is 11.3. The highest BCUT2D eigenvalue weighted by Crippen LogP contribution is 2.55. The highest BCUT2D eigenvalue weighted by Gasteiger charge is 2.46. The van der Waals surface area contributed by atoms with Crippen molar-refractivity contribution in [3.8, 4) is 0 Å². The zero-order valence-corrected chi connectivity index (χ0v) is 19.1. The van der Waals surface area contributed by atoms with Crippen LogP contribution in [-0.4, -0.2) is 11.9 Å². The Hall–Kier alpha value is -3.02. The largest absolute Gasteiger partial charge is 0.295 e. The predicted octanol–water partition coefficient (Wildman–Crippen LogP) is 5.41. The number of aryl methyl sites for hydroxylation is 2. The second kappa shape index (κ2) is 9.41. The summed E-state index contributed by atoms with van der Waals surface area (Å²) >= 11 is 0. The molecule has 2 heteroatoms. The molecule has 0 aromatic heterocycles. The summed E-state index contributed by atoms with van der Waals surface area (Å²) in [5.74, 6) is 0.294. The second-order valence-corrected chi connectivity index (χ2v) is 11.5. The van der Waals surface area contributed by atoms with Crippen LogP contribution in [0, 0.1) is 13.8 Å². The molecular weight excluding hydrogens is 395 g/mol. The van der Waals surface area contributed by atoms with Gasteiger partial charge in [0.1, 0.15) is 29.3 Å². The van der Waals surface area contributed by atoms with E-state index in [1.54, 1.807) is 0 Å². The molecule has 154 valence electrons. The minimum Gasteiger partial charge on any atom is -0.295 e. The number of hydrogen-bond donors (Lipinski definition) is 0. The molecule has 4 rings (SSSR count). The molecule has 0 bridgehead atoms. The molecule has 1 nitrogen and oxygen atoms in total. The molecule has 0 aliphatic carbocycles. The van der Waals surface area contributed by atoms with E-state index in [9.17, 15) is 4.79 Å². The minimum atomic E-state index is -2.13. The maximum absolute atomic E-state index is 13.7. The van der Waals surface area contributed by atoms with E-state index in [2.05, 4.69) is 105 Å². The summed E-state index contributed by atoms with van der Waals surface area (Å²) in [6, 6.07) is 38.1. The molecule has 0 saturated carbocycles. The Bertz CT molecular complexity index is 1030. The Morgan fingerprint density at radius 2 is 0.968 bits per heavy atom. The Labute approximate surface area is 186 Å². The first-order chi connectivity index (χ1) is 15.1. The summed E-state index contributed by atoms with van der Waals surface area (Å²) < 4.78 is 0. The van der Waals surface area contributed by atoms with Crippen LogP contribution < -0.4 is 15.9 Å². The predicted molar refractivity (Wildman–Crippen MR) is 135 cm³/mol. The van der Waals surface area contributed by atoms with E-state index in [4.69, 9.17) is 0 Å². The average molecular weight is 424 g/mol. The lowest BCUT2D eigenvalue weighted by Gasteiger charge is -2.27. The van der Waals surface area contributed by atoms with Gasteiger partial charge in [0, 0.05) is 6.42 Å². The number of Topliss-reactive ketones (excluding diaryl/α,β-unsaturated/α-hetero) is 1. The zero-order chi connectivity index (χ0) is 21.7. The van der Waals surface area contributed by atoms with Crippen LogP contribution in [0.5, 0.6) is 0 Å². The molecule has 0 fully saturated rings. The third kappa shape index (κ3) is 4.38. The van der Waals surface area contributed by atoms with Crippen molar-refractivity contribution in [3.05, 3.63) is 126 Å². The van der Waals surface area contributed by atoms with Gasteiger partial charge in [0.25, 0.3) is 0 Å². The molecule has 0 heterocycles. The van der Waals surface area contributed by atoms with Crippen molar-refractivity contribution in [2.24, 2.45) is 0 Å². The van der Waals surface area contributed by atoms with Gasteiger partial charge in [-0.3, -0.25) is 4.79 Å². The fraction of sp³-hybridized carbons (Fsp3) is 0.138. The van der Waals surface area contributed by atoms with Crippen molar-refractivity contribution >= 4 is 29.0 Å². The summed E-state index contributed by atoms with van der Waals surface area (Å²) in [7, 11) is -2.13. The van der Waals surface area contributed by atoms with Gasteiger partial charge in [0.15, 0.2) is 5.78 Å². The van der Waals surface area contributed by atoms with E-state index in [0.29, 0.717) is 18.4 Å². The van der Waals surface area contributed by atoms with Gasteiger partial charge in [0.2, 0.25) is 0 Å². The molecule has 31 heavy (non-hydrogen) atoms. The lowest BCUT2D eigenvalue weighted by atomic mass is 9.99.